The molecule has 0 aromatic heterocycles. The van der Waals surface area contributed by atoms with Crippen molar-refractivity contribution < 1.29 is 9.59 Å². The van der Waals surface area contributed by atoms with Crippen molar-refractivity contribution in [1.29, 1.82) is 0 Å². The van der Waals surface area contributed by atoms with Gasteiger partial charge in [0.2, 0.25) is 11.8 Å². The highest BCUT2D eigenvalue weighted by Gasteiger charge is 2.24. The standard InChI is InChI=1S/C20H29N3O2/c1-16-7-4-5-13-22(16)14-12-21-19(24)15-23-18-10-3-2-8-17(18)9-6-11-20(23)25/h2-3,8,10,16H,4-7,9,11-15H2,1H3,(H,21,24). The van der Waals surface area contributed by atoms with Crippen molar-refractivity contribution >= 4 is 17.5 Å². The Balaban J connectivity index is 1.54. The summed E-state index contributed by atoms with van der Waals surface area (Å²) in [5, 5.41) is 3.00. The van der Waals surface area contributed by atoms with Crippen molar-refractivity contribution in [1.82, 2.24) is 10.2 Å². The third-order valence-corrected chi connectivity index (χ3v) is 5.38. The summed E-state index contributed by atoms with van der Waals surface area (Å²) in [6, 6.07) is 8.52. The zero-order chi connectivity index (χ0) is 17.6. The first-order chi connectivity index (χ1) is 12.1. The lowest BCUT2D eigenvalue weighted by Crippen LogP contribution is -2.45. The highest BCUT2D eigenvalue weighted by molar-refractivity contribution is 5.99. The molecule has 0 spiro atoms. The van der Waals surface area contributed by atoms with Gasteiger partial charge >= 0.3 is 0 Å². The van der Waals surface area contributed by atoms with Gasteiger partial charge in [-0.25, -0.2) is 0 Å². The predicted octanol–water partition coefficient (Wildman–Crippen LogP) is 2.35. The van der Waals surface area contributed by atoms with E-state index in [-0.39, 0.29) is 18.4 Å². The Labute approximate surface area is 150 Å². The quantitative estimate of drug-likeness (QED) is 0.893. The summed E-state index contributed by atoms with van der Waals surface area (Å²) < 4.78 is 0. The molecular weight excluding hydrogens is 314 g/mol. The smallest absolute Gasteiger partial charge is 0.240 e. The number of carbonyl (C=O) groups is 2. The Hall–Kier alpha value is -1.88. The molecule has 0 radical (unpaired) electrons. The summed E-state index contributed by atoms with van der Waals surface area (Å²) in [5.41, 5.74) is 2.05. The lowest BCUT2D eigenvalue weighted by Gasteiger charge is -2.33. The number of benzene rings is 1. The molecule has 1 unspecified atom stereocenters. The van der Waals surface area contributed by atoms with Gasteiger partial charge in [-0.15, -0.1) is 0 Å². The number of nitrogens with one attached hydrogen (secondary N) is 1. The second kappa shape index (κ2) is 8.48. The second-order valence-corrected chi connectivity index (χ2v) is 7.19. The number of nitrogens with zero attached hydrogens (tertiary/aromatic N) is 2. The van der Waals surface area contributed by atoms with Crippen LogP contribution in [0, 0.1) is 0 Å². The maximum Gasteiger partial charge on any atom is 0.240 e. The van der Waals surface area contributed by atoms with Crippen molar-refractivity contribution in [2.45, 2.75) is 51.5 Å². The van der Waals surface area contributed by atoms with Gasteiger partial charge in [-0.1, -0.05) is 24.6 Å². The van der Waals surface area contributed by atoms with E-state index in [1.807, 2.05) is 18.2 Å². The third-order valence-electron chi connectivity index (χ3n) is 5.38. The number of hydrogen-bond donors (Lipinski definition) is 1. The highest BCUT2D eigenvalue weighted by atomic mass is 16.2. The maximum absolute atomic E-state index is 12.4. The Morgan fingerprint density at radius 3 is 2.88 bits per heavy atom. The average molecular weight is 343 g/mol. The van der Waals surface area contributed by atoms with Crippen LogP contribution < -0.4 is 10.2 Å². The largest absolute Gasteiger partial charge is 0.353 e. The van der Waals surface area contributed by atoms with Gasteiger partial charge in [-0.2, -0.15) is 0 Å². The Bertz CT molecular complexity index is 617. The molecule has 1 aromatic rings. The molecule has 0 saturated carbocycles. The summed E-state index contributed by atoms with van der Waals surface area (Å²) in [6.45, 7) is 5.03. The number of amides is 2. The number of hydrogen-bond acceptors (Lipinski definition) is 3. The molecule has 1 atom stereocenters. The number of anilines is 1. The van der Waals surface area contributed by atoms with Crippen LogP contribution in [-0.4, -0.2) is 48.9 Å². The average Bonchev–Trinajstić information content (AvgIpc) is 2.76. The second-order valence-electron chi connectivity index (χ2n) is 7.19. The van der Waals surface area contributed by atoms with Crippen LogP contribution in [0.2, 0.25) is 0 Å². The Morgan fingerprint density at radius 2 is 2.04 bits per heavy atom. The fourth-order valence-electron chi connectivity index (χ4n) is 3.89. The van der Waals surface area contributed by atoms with E-state index in [0.29, 0.717) is 19.0 Å². The monoisotopic (exact) mass is 343 g/mol. The van der Waals surface area contributed by atoms with Gasteiger partial charge < -0.3 is 10.2 Å². The van der Waals surface area contributed by atoms with E-state index < -0.39 is 0 Å². The van der Waals surface area contributed by atoms with E-state index in [9.17, 15) is 9.59 Å². The maximum atomic E-state index is 12.4. The lowest BCUT2D eigenvalue weighted by molar-refractivity contribution is -0.123. The molecule has 2 aliphatic rings. The van der Waals surface area contributed by atoms with E-state index >= 15 is 0 Å². The topological polar surface area (TPSA) is 52.7 Å². The molecule has 2 heterocycles. The number of likely N-dealkylation sites (tertiary alicyclic amines) is 1. The number of aryl methyl sites for hydroxylation is 1. The molecule has 2 amide bonds. The number of carbonyl (C=O) groups excluding carboxylic acids is 2. The molecule has 3 rings (SSSR count). The Kier molecular flexibility index (Phi) is 6.08. The Morgan fingerprint density at radius 1 is 1.20 bits per heavy atom. The minimum atomic E-state index is -0.0743. The normalized spacial score (nSPS) is 21.6. The van der Waals surface area contributed by atoms with Crippen LogP contribution in [-0.2, 0) is 16.0 Å². The minimum absolute atomic E-state index is 0.0461. The summed E-state index contributed by atoms with van der Waals surface area (Å²) in [6.07, 6.45) is 6.05. The SMILES string of the molecule is CC1CCCCN1CCNC(=O)CN1C(=O)CCCc2ccccc21. The zero-order valence-corrected chi connectivity index (χ0v) is 15.2. The van der Waals surface area contributed by atoms with E-state index in [1.165, 1.54) is 19.3 Å². The first-order valence-electron chi connectivity index (χ1n) is 9.54. The molecule has 1 saturated heterocycles. The number of para-hydroxylation sites is 1. The number of piperidine rings is 1. The van der Waals surface area contributed by atoms with Gasteiger partial charge in [0, 0.05) is 31.2 Å². The van der Waals surface area contributed by atoms with Gasteiger partial charge in [0.15, 0.2) is 0 Å². The summed E-state index contributed by atoms with van der Waals surface area (Å²) in [7, 11) is 0. The molecule has 0 bridgehead atoms. The lowest BCUT2D eigenvalue weighted by atomic mass is 10.0. The van der Waals surface area contributed by atoms with Gasteiger partial charge in [-0.3, -0.25) is 14.5 Å². The van der Waals surface area contributed by atoms with E-state index in [2.05, 4.69) is 23.2 Å². The van der Waals surface area contributed by atoms with Crippen molar-refractivity contribution in [3.8, 4) is 0 Å². The summed E-state index contributed by atoms with van der Waals surface area (Å²) in [5.74, 6) is -0.0283. The first-order valence-corrected chi connectivity index (χ1v) is 9.54. The molecule has 0 aliphatic carbocycles. The first kappa shape index (κ1) is 17.9. The van der Waals surface area contributed by atoms with Crippen molar-refractivity contribution in [2.24, 2.45) is 0 Å². The van der Waals surface area contributed by atoms with Crippen molar-refractivity contribution in [3.63, 3.8) is 0 Å². The fourth-order valence-corrected chi connectivity index (χ4v) is 3.89. The highest BCUT2D eigenvalue weighted by Crippen LogP contribution is 2.26. The van der Waals surface area contributed by atoms with Crippen LogP contribution in [0.25, 0.3) is 0 Å². The molecule has 1 aromatic carbocycles. The van der Waals surface area contributed by atoms with Gasteiger partial charge in [0.05, 0.1) is 0 Å². The van der Waals surface area contributed by atoms with Crippen molar-refractivity contribution in [3.05, 3.63) is 29.8 Å². The van der Waals surface area contributed by atoms with Crippen LogP contribution in [0.1, 0.15) is 44.6 Å². The fraction of sp³-hybridized carbons (Fsp3) is 0.600. The van der Waals surface area contributed by atoms with Crippen molar-refractivity contribution in [2.75, 3.05) is 31.1 Å². The zero-order valence-electron chi connectivity index (χ0n) is 15.2. The van der Waals surface area contributed by atoms with Crippen LogP contribution in [0.3, 0.4) is 0 Å². The molecule has 1 N–H and O–H groups in total. The van der Waals surface area contributed by atoms with Crippen LogP contribution in [0.15, 0.2) is 24.3 Å². The van der Waals surface area contributed by atoms with Crippen LogP contribution in [0.5, 0.6) is 0 Å². The summed E-state index contributed by atoms with van der Waals surface area (Å²) >= 11 is 0. The third kappa shape index (κ3) is 4.60. The molecule has 25 heavy (non-hydrogen) atoms. The molecular formula is C20H29N3O2. The molecule has 1 fully saturated rings. The van der Waals surface area contributed by atoms with Crippen LogP contribution >= 0.6 is 0 Å². The number of fused-ring (bicyclic) bond motifs is 1. The molecule has 136 valence electrons. The minimum Gasteiger partial charge on any atom is -0.353 e. The molecule has 5 heteroatoms. The molecule has 2 aliphatic heterocycles. The predicted molar refractivity (Wildman–Crippen MR) is 99.6 cm³/mol. The van der Waals surface area contributed by atoms with Gasteiger partial charge in [0.25, 0.3) is 0 Å². The van der Waals surface area contributed by atoms with E-state index in [0.717, 1.165) is 37.2 Å². The molecule has 5 nitrogen and oxygen atoms in total. The van der Waals surface area contributed by atoms with Gasteiger partial charge in [-0.05, 0) is 50.8 Å². The van der Waals surface area contributed by atoms with Gasteiger partial charge in [0.1, 0.15) is 6.54 Å². The van der Waals surface area contributed by atoms with Crippen LogP contribution in [0.4, 0.5) is 5.69 Å². The van der Waals surface area contributed by atoms with E-state index in [4.69, 9.17) is 0 Å². The van der Waals surface area contributed by atoms with E-state index in [1.54, 1.807) is 4.90 Å². The summed E-state index contributed by atoms with van der Waals surface area (Å²) in [4.78, 5) is 28.9. The number of rotatable bonds is 5.